The lowest BCUT2D eigenvalue weighted by Crippen LogP contribution is -2.60. The third kappa shape index (κ3) is 10.1. The molecule has 17 heteroatoms. The highest BCUT2D eigenvalue weighted by Crippen LogP contribution is 2.38. The van der Waals surface area contributed by atoms with Crippen molar-refractivity contribution in [3.05, 3.63) is 0 Å². The SMILES string of the molecule is CCC1OC(=O)[C@H](C)[C@@H](O)[C@H](C)[C@@H](O[C@@H]2O[C@H](C)C[C@H](N(C)C)[C@H]2O)[C@](C)(O)C[C@@H](C)/C(=N\O[C@H]2[C@@H](O)[C@H](OC)O[C@H](CO)[C@H]2O)[C@H](C)[C@@H](O)[C@]1(C)O. The van der Waals surface area contributed by atoms with Crippen molar-refractivity contribution in [2.24, 2.45) is 28.8 Å². The van der Waals surface area contributed by atoms with Gasteiger partial charge in [0.1, 0.15) is 36.1 Å². The first-order valence-corrected chi connectivity index (χ1v) is 18.6. The molecule has 0 radical (unpaired) electrons. The van der Waals surface area contributed by atoms with Crippen LogP contribution >= 0.6 is 0 Å². The monoisotopic (exact) mass is 766 g/mol. The number of hydrogen-bond acceptors (Lipinski definition) is 17. The van der Waals surface area contributed by atoms with E-state index in [9.17, 15) is 45.6 Å². The Balaban J connectivity index is 2.16. The van der Waals surface area contributed by atoms with Gasteiger partial charge in [-0.3, -0.25) is 4.79 Å². The number of aliphatic hydroxyl groups is 8. The summed E-state index contributed by atoms with van der Waals surface area (Å²) in [7, 11) is 4.90. The standard InChI is InChI=1S/C36H66N2O15/c1-12-23-36(8,47)30(44)18(4)24(37-53-29-27(42)22(15-39)50-33(48-11)28(29)43)16(2)14-35(7,46)31(19(5)25(40)20(6)32(45)51-23)52-34-26(41)21(38(9)10)13-17(3)49-34/h16-23,25-31,33-34,39-44,46-47H,12-15H2,1-11H3/b37-24+/t16-,17-,18+,19+,20-,21+,22-,23?,25+,26-,27-,28-,29-,30-,31-,33-,34+,35-,36-/m1/s1. The molecule has 3 fully saturated rings. The third-order valence-corrected chi connectivity index (χ3v) is 11.4. The number of carbonyl (C=O) groups excluding carboxylic acids is 1. The van der Waals surface area contributed by atoms with E-state index in [1.54, 1.807) is 27.7 Å². The van der Waals surface area contributed by atoms with Gasteiger partial charge in [-0.25, -0.2) is 0 Å². The third-order valence-electron chi connectivity index (χ3n) is 11.4. The topological polar surface area (TPSA) is 250 Å². The molecular weight excluding hydrogens is 700 g/mol. The maximum absolute atomic E-state index is 13.5. The molecule has 1 unspecified atom stereocenters. The van der Waals surface area contributed by atoms with Crippen LogP contribution in [0.5, 0.6) is 0 Å². The fourth-order valence-electron chi connectivity index (χ4n) is 8.09. The van der Waals surface area contributed by atoms with Gasteiger partial charge in [-0.05, 0) is 61.1 Å². The number of oxime groups is 1. The van der Waals surface area contributed by atoms with Crippen molar-refractivity contribution in [1.82, 2.24) is 4.90 Å². The van der Waals surface area contributed by atoms with Crippen LogP contribution in [-0.4, -0.2) is 176 Å². The first-order valence-electron chi connectivity index (χ1n) is 18.6. The highest BCUT2D eigenvalue weighted by atomic mass is 16.7. The molecule has 0 aromatic carbocycles. The zero-order chi connectivity index (χ0) is 40.3. The first kappa shape index (κ1) is 45.8. The van der Waals surface area contributed by atoms with Crippen molar-refractivity contribution in [2.75, 3.05) is 27.8 Å². The summed E-state index contributed by atoms with van der Waals surface area (Å²) in [5.74, 6) is -4.85. The number of hydrogen-bond donors (Lipinski definition) is 8. The number of methoxy groups -OCH3 is 1. The van der Waals surface area contributed by atoms with E-state index in [4.69, 9.17) is 28.5 Å². The number of likely N-dealkylation sites (N-methyl/N-ethyl adjacent to an activating group) is 1. The molecule has 3 aliphatic heterocycles. The summed E-state index contributed by atoms with van der Waals surface area (Å²) in [5.41, 5.74) is -3.84. The van der Waals surface area contributed by atoms with Crippen molar-refractivity contribution in [2.45, 2.75) is 166 Å². The molecule has 0 saturated carbocycles. The van der Waals surface area contributed by atoms with E-state index in [0.29, 0.717) is 6.42 Å². The van der Waals surface area contributed by atoms with E-state index >= 15 is 0 Å². The van der Waals surface area contributed by atoms with Crippen molar-refractivity contribution >= 4 is 11.7 Å². The van der Waals surface area contributed by atoms with Gasteiger partial charge < -0.3 is 74.3 Å². The van der Waals surface area contributed by atoms with Crippen molar-refractivity contribution < 1.29 is 74.2 Å². The summed E-state index contributed by atoms with van der Waals surface area (Å²) in [6, 6.07) is -0.351. The zero-order valence-electron chi connectivity index (χ0n) is 33.0. The van der Waals surface area contributed by atoms with Crippen LogP contribution in [-0.2, 0) is 33.3 Å². The molecule has 3 heterocycles. The molecule has 8 N–H and O–H groups in total. The van der Waals surface area contributed by atoms with E-state index in [1.165, 1.54) is 27.9 Å². The molecule has 3 saturated heterocycles. The highest BCUT2D eigenvalue weighted by molar-refractivity contribution is 5.88. The Morgan fingerprint density at radius 3 is 2.08 bits per heavy atom. The van der Waals surface area contributed by atoms with Crippen LogP contribution in [0.1, 0.15) is 74.7 Å². The van der Waals surface area contributed by atoms with E-state index in [1.807, 2.05) is 25.9 Å². The minimum Gasteiger partial charge on any atom is -0.459 e. The molecule has 0 aromatic heterocycles. The number of nitrogens with zero attached hydrogens (tertiary/aromatic N) is 2. The molecule has 17 nitrogen and oxygen atoms in total. The molecule has 310 valence electrons. The predicted octanol–water partition coefficient (Wildman–Crippen LogP) is -0.882. The number of carbonyl (C=O) groups is 1. The Morgan fingerprint density at radius 2 is 1.53 bits per heavy atom. The van der Waals surface area contributed by atoms with Gasteiger partial charge >= 0.3 is 5.97 Å². The largest absolute Gasteiger partial charge is 0.459 e. The molecule has 0 aromatic rings. The van der Waals surface area contributed by atoms with Crippen molar-refractivity contribution in [3.63, 3.8) is 0 Å². The normalized spacial score (nSPS) is 49.0. The van der Waals surface area contributed by atoms with E-state index in [0.717, 1.165) is 0 Å². The minimum atomic E-state index is -2.06. The van der Waals surface area contributed by atoms with Gasteiger partial charge in [0.15, 0.2) is 18.7 Å². The number of cyclic esters (lactones) is 1. The average Bonchev–Trinajstić information content (AvgIpc) is 3.09. The Kier molecular flexibility index (Phi) is 16.1. The summed E-state index contributed by atoms with van der Waals surface area (Å²) in [6.45, 7) is 11.9. The Bertz CT molecular complexity index is 1190. The van der Waals surface area contributed by atoms with E-state index in [-0.39, 0.29) is 30.7 Å². The van der Waals surface area contributed by atoms with Crippen LogP contribution < -0.4 is 0 Å². The van der Waals surface area contributed by atoms with Crippen LogP contribution in [0.2, 0.25) is 0 Å². The fourth-order valence-corrected chi connectivity index (χ4v) is 8.09. The molecule has 3 rings (SSSR count). The summed E-state index contributed by atoms with van der Waals surface area (Å²) in [4.78, 5) is 21.2. The second-order valence-corrected chi connectivity index (χ2v) is 16.1. The van der Waals surface area contributed by atoms with E-state index < -0.39 is 115 Å². The molecular formula is C36H66N2O15. The molecule has 53 heavy (non-hydrogen) atoms. The van der Waals surface area contributed by atoms with Gasteiger partial charge in [-0.2, -0.15) is 0 Å². The predicted molar refractivity (Wildman–Crippen MR) is 189 cm³/mol. The Morgan fingerprint density at radius 1 is 0.906 bits per heavy atom. The average molecular weight is 767 g/mol. The van der Waals surface area contributed by atoms with Crippen LogP contribution in [0.4, 0.5) is 0 Å². The second kappa shape index (κ2) is 18.6. The molecule has 0 bridgehead atoms. The van der Waals surface area contributed by atoms with Gasteiger partial charge in [0, 0.05) is 30.9 Å². The summed E-state index contributed by atoms with van der Waals surface area (Å²) in [6.07, 6.45) is -15.0. The number of rotatable bonds is 8. The second-order valence-electron chi connectivity index (χ2n) is 16.1. The zero-order valence-corrected chi connectivity index (χ0v) is 33.0. The van der Waals surface area contributed by atoms with Gasteiger partial charge in [0.25, 0.3) is 0 Å². The number of ether oxygens (including phenoxy) is 5. The van der Waals surface area contributed by atoms with Gasteiger partial charge in [-0.1, -0.05) is 32.9 Å². The quantitative estimate of drug-likeness (QED) is 0.110. The first-order chi connectivity index (χ1) is 24.5. The van der Waals surface area contributed by atoms with Crippen LogP contribution in [0.3, 0.4) is 0 Å². The minimum absolute atomic E-state index is 0.0762. The van der Waals surface area contributed by atoms with Gasteiger partial charge in [0.2, 0.25) is 0 Å². The van der Waals surface area contributed by atoms with Crippen LogP contribution in [0.25, 0.3) is 0 Å². The maximum Gasteiger partial charge on any atom is 0.311 e. The van der Waals surface area contributed by atoms with Crippen molar-refractivity contribution in [1.29, 1.82) is 0 Å². The van der Waals surface area contributed by atoms with Gasteiger partial charge in [0.05, 0.1) is 48.3 Å². The summed E-state index contributed by atoms with van der Waals surface area (Å²) < 4.78 is 28.8. The molecule has 19 atom stereocenters. The lowest BCUT2D eigenvalue weighted by atomic mass is 9.73. The molecule has 0 spiro atoms. The Hall–Kier alpha value is -1.58. The summed E-state index contributed by atoms with van der Waals surface area (Å²) in [5, 5.41) is 94.7. The Labute approximate surface area is 312 Å². The number of aliphatic hydroxyl groups excluding tert-OH is 6. The lowest BCUT2D eigenvalue weighted by Gasteiger charge is -2.47. The smallest absolute Gasteiger partial charge is 0.311 e. The van der Waals surface area contributed by atoms with Crippen LogP contribution in [0.15, 0.2) is 5.16 Å². The molecule has 3 aliphatic rings. The fraction of sp³-hybridized carbons (Fsp3) is 0.944. The maximum atomic E-state index is 13.5. The summed E-state index contributed by atoms with van der Waals surface area (Å²) >= 11 is 0. The van der Waals surface area contributed by atoms with E-state index in [2.05, 4.69) is 5.16 Å². The number of esters is 1. The molecule has 0 amide bonds. The lowest BCUT2D eigenvalue weighted by molar-refractivity contribution is -0.302. The highest BCUT2D eigenvalue weighted by Gasteiger charge is 2.52. The van der Waals surface area contributed by atoms with Gasteiger partial charge in [-0.15, -0.1) is 0 Å². The van der Waals surface area contributed by atoms with Crippen LogP contribution in [0, 0.1) is 23.7 Å². The molecule has 0 aliphatic carbocycles. The van der Waals surface area contributed by atoms with Crippen molar-refractivity contribution in [3.8, 4) is 0 Å².